The van der Waals surface area contributed by atoms with Gasteiger partial charge in [-0.25, -0.2) is 0 Å². The number of aliphatic hydroxyl groups is 1. The predicted molar refractivity (Wildman–Crippen MR) is 77.0 cm³/mol. The van der Waals surface area contributed by atoms with Crippen LogP contribution in [0.25, 0.3) is 0 Å². The van der Waals surface area contributed by atoms with E-state index in [1.165, 1.54) is 25.7 Å². The van der Waals surface area contributed by atoms with Crippen LogP contribution in [0.3, 0.4) is 0 Å². The highest BCUT2D eigenvalue weighted by molar-refractivity contribution is 5.45. The van der Waals surface area contributed by atoms with Gasteiger partial charge in [-0.1, -0.05) is 25.8 Å². The van der Waals surface area contributed by atoms with Crippen molar-refractivity contribution < 1.29 is 14.6 Å². The van der Waals surface area contributed by atoms with Crippen molar-refractivity contribution in [3.63, 3.8) is 0 Å². The summed E-state index contributed by atoms with van der Waals surface area (Å²) >= 11 is 0. The molecule has 1 fully saturated rings. The van der Waals surface area contributed by atoms with Crippen molar-refractivity contribution in [2.24, 2.45) is 0 Å². The van der Waals surface area contributed by atoms with Crippen molar-refractivity contribution in [3.8, 4) is 11.5 Å². The van der Waals surface area contributed by atoms with Crippen molar-refractivity contribution in [2.45, 2.75) is 44.8 Å². The average Bonchev–Trinajstić information content (AvgIpc) is 3.14. The Morgan fingerprint density at radius 1 is 1.25 bits per heavy atom. The number of likely N-dealkylation sites (N-methyl/N-ethyl adjacent to an activating group) is 1. The van der Waals surface area contributed by atoms with Gasteiger partial charge in [-0.3, -0.25) is 4.90 Å². The number of rotatable bonds is 5. The molecule has 1 saturated carbocycles. The van der Waals surface area contributed by atoms with E-state index in [9.17, 15) is 5.11 Å². The van der Waals surface area contributed by atoms with Crippen LogP contribution in [-0.4, -0.2) is 35.9 Å². The van der Waals surface area contributed by atoms with Gasteiger partial charge in [0.05, 0.1) is 6.10 Å². The van der Waals surface area contributed by atoms with Crippen molar-refractivity contribution in [1.29, 1.82) is 0 Å². The smallest absolute Gasteiger partial charge is 0.231 e. The molecule has 1 unspecified atom stereocenters. The average molecular weight is 277 g/mol. The first-order valence-electron chi connectivity index (χ1n) is 7.59. The summed E-state index contributed by atoms with van der Waals surface area (Å²) in [6.07, 6.45) is 4.71. The molecule has 0 bridgehead atoms. The molecule has 1 aliphatic heterocycles. The fraction of sp³-hybridized carbons (Fsp3) is 0.625. The van der Waals surface area contributed by atoms with Crippen LogP contribution in [0.4, 0.5) is 0 Å². The standard InChI is InChI=1S/C16H23NO3/c1-2-17(13-5-3-4-6-13)10-14(18)12-7-8-15-16(9-12)20-11-19-15/h7-9,13-14,18H,2-6,10-11H2,1H3. The molecule has 1 heterocycles. The first-order chi connectivity index (χ1) is 9.78. The Hall–Kier alpha value is -1.26. The maximum Gasteiger partial charge on any atom is 0.231 e. The third kappa shape index (κ3) is 2.76. The number of nitrogens with zero attached hydrogens (tertiary/aromatic N) is 1. The second-order valence-electron chi connectivity index (χ2n) is 5.65. The van der Waals surface area contributed by atoms with Crippen LogP contribution in [0.15, 0.2) is 18.2 Å². The second-order valence-corrected chi connectivity index (χ2v) is 5.65. The van der Waals surface area contributed by atoms with Crippen LogP contribution in [0.5, 0.6) is 11.5 Å². The minimum Gasteiger partial charge on any atom is -0.454 e. The van der Waals surface area contributed by atoms with E-state index < -0.39 is 6.10 Å². The molecule has 0 radical (unpaired) electrons. The van der Waals surface area contributed by atoms with Gasteiger partial charge in [0.15, 0.2) is 11.5 Å². The molecular formula is C16H23NO3. The van der Waals surface area contributed by atoms with E-state index in [2.05, 4.69) is 11.8 Å². The molecule has 110 valence electrons. The van der Waals surface area contributed by atoms with Crippen LogP contribution in [0, 0.1) is 0 Å². The summed E-state index contributed by atoms with van der Waals surface area (Å²) in [4.78, 5) is 2.41. The van der Waals surface area contributed by atoms with Crippen LogP contribution in [0.1, 0.15) is 44.3 Å². The highest BCUT2D eigenvalue weighted by Crippen LogP contribution is 2.34. The van der Waals surface area contributed by atoms with E-state index in [0.717, 1.165) is 23.6 Å². The molecule has 1 N–H and O–H groups in total. The largest absolute Gasteiger partial charge is 0.454 e. The molecule has 1 aliphatic carbocycles. The quantitative estimate of drug-likeness (QED) is 0.898. The first-order valence-corrected chi connectivity index (χ1v) is 7.59. The van der Waals surface area contributed by atoms with Gasteiger partial charge in [0.1, 0.15) is 0 Å². The molecular weight excluding hydrogens is 254 g/mol. The Morgan fingerprint density at radius 3 is 2.75 bits per heavy atom. The zero-order chi connectivity index (χ0) is 13.9. The van der Waals surface area contributed by atoms with Gasteiger partial charge >= 0.3 is 0 Å². The molecule has 1 aromatic carbocycles. The topological polar surface area (TPSA) is 41.9 Å². The summed E-state index contributed by atoms with van der Waals surface area (Å²) in [7, 11) is 0. The number of benzene rings is 1. The van der Waals surface area contributed by atoms with Crippen LogP contribution >= 0.6 is 0 Å². The molecule has 2 aliphatic rings. The summed E-state index contributed by atoms with van der Waals surface area (Å²) < 4.78 is 10.7. The zero-order valence-electron chi connectivity index (χ0n) is 12.0. The molecule has 3 rings (SSSR count). The minimum absolute atomic E-state index is 0.276. The molecule has 4 nitrogen and oxygen atoms in total. The summed E-state index contributed by atoms with van der Waals surface area (Å²) in [6.45, 7) is 4.13. The second kappa shape index (κ2) is 6.02. The fourth-order valence-corrected chi connectivity index (χ4v) is 3.25. The third-order valence-electron chi connectivity index (χ3n) is 4.44. The van der Waals surface area contributed by atoms with Gasteiger partial charge < -0.3 is 14.6 Å². The number of fused-ring (bicyclic) bond motifs is 1. The van der Waals surface area contributed by atoms with Gasteiger partial charge in [0.25, 0.3) is 0 Å². The highest BCUT2D eigenvalue weighted by Gasteiger charge is 2.24. The van der Waals surface area contributed by atoms with Crippen LogP contribution in [-0.2, 0) is 0 Å². The summed E-state index contributed by atoms with van der Waals surface area (Å²) in [6, 6.07) is 6.35. The van der Waals surface area contributed by atoms with E-state index in [0.29, 0.717) is 12.6 Å². The lowest BCUT2D eigenvalue weighted by atomic mass is 10.1. The third-order valence-corrected chi connectivity index (χ3v) is 4.44. The molecule has 0 amide bonds. The Balaban J connectivity index is 1.67. The van der Waals surface area contributed by atoms with Crippen molar-refractivity contribution in [3.05, 3.63) is 23.8 Å². The molecule has 4 heteroatoms. The zero-order valence-corrected chi connectivity index (χ0v) is 12.0. The normalized spacial score (nSPS) is 19.8. The molecule has 1 atom stereocenters. The maximum absolute atomic E-state index is 10.5. The lowest BCUT2D eigenvalue weighted by Gasteiger charge is -2.29. The van der Waals surface area contributed by atoms with Gasteiger partial charge in [0.2, 0.25) is 6.79 Å². The van der Waals surface area contributed by atoms with Crippen molar-refractivity contribution >= 4 is 0 Å². The molecule has 0 aromatic heterocycles. The van der Waals surface area contributed by atoms with Gasteiger partial charge in [-0.15, -0.1) is 0 Å². The van der Waals surface area contributed by atoms with Gasteiger partial charge in [-0.2, -0.15) is 0 Å². The van der Waals surface area contributed by atoms with E-state index >= 15 is 0 Å². The van der Waals surface area contributed by atoms with Crippen LogP contribution in [0.2, 0.25) is 0 Å². The maximum atomic E-state index is 10.5. The molecule has 20 heavy (non-hydrogen) atoms. The summed E-state index contributed by atoms with van der Waals surface area (Å²) in [5.74, 6) is 1.51. The van der Waals surface area contributed by atoms with Crippen LogP contribution < -0.4 is 9.47 Å². The Bertz CT molecular complexity index is 457. The monoisotopic (exact) mass is 277 g/mol. The Kier molecular flexibility index (Phi) is 4.13. The Morgan fingerprint density at radius 2 is 2.00 bits per heavy atom. The minimum atomic E-state index is -0.468. The molecule has 0 saturated heterocycles. The number of aliphatic hydroxyl groups excluding tert-OH is 1. The van der Waals surface area contributed by atoms with E-state index in [1.807, 2.05) is 18.2 Å². The summed E-state index contributed by atoms with van der Waals surface area (Å²) in [5.41, 5.74) is 0.908. The lowest BCUT2D eigenvalue weighted by Crippen LogP contribution is -2.36. The van der Waals surface area contributed by atoms with E-state index in [1.54, 1.807) is 0 Å². The number of ether oxygens (including phenoxy) is 2. The van der Waals surface area contributed by atoms with Crippen molar-refractivity contribution in [2.75, 3.05) is 19.9 Å². The lowest BCUT2D eigenvalue weighted by molar-refractivity contribution is 0.0912. The number of hydrogen-bond acceptors (Lipinski definition) is 4. The van der Waals surface area contributed by atoms with E-state index in [-0.39, 0.29) is 6.79 Å². The first kappa shape index (κ1) is 13.7. The van der Waals surface area contributed by atoms with Crippen molar-refractivity contribution in [1.82, 2.24) is 4.90 Å². The molecule has 1 aromatic rings. The predicted octanol–water partition coefficient (Wildman–Crippen LogP) is 2.71. The SMILES string of the molecule is CCN(CC(O)c1ccc2c(c1)OCO2)C1CCCC1. The Labute approximate surface area is 120 Å². The number of hydrogen-bond donors (Lipinski definition) is 1. The van der Waals surface area contributed by atoms with E-state index in [4.69, 9.17) is 9.47 Å². The fourth-order valence-electron chi connectivity index (χ4n) is 3.25. The summed E-state index contributed by atoms with van der Waals surface area (Å²) in [5, 5.41) is 10.5. The van der Waals surface area contributed by atoms with Gasteiger partial charge in [-0.05, 0) is 37.1 Å². The van der Waals surface area contributed by atoms with Gasteiger partial charge in [0, 0.05) is 12.6 Å². The highest BCUT2D eigenvalue weighted by atomic mass is 16.7. The molecule has 0 spiro atoms.